The molecule has 4 unspecified atom stereocenters. The Morgan fingerprint density at radius 2 is 1.76 bits per heavy atom. The first-order valence-electron chi connectivity index (χ1n) is 13.1. The van der Waals surface area contributed by atoms with E-state index in [0.29, 0.717) is 24.0 Å². The quantitative estimate of drug-likeness (QED) is 0.337. The minimum Gasteiger partial charge on any atom is -0.390 e. The van der Waals surface area contributed by atoms with Crippen LogP contribution in [0.1, 0.15) is 113 Å². The SMILES string of the molecule is CC(=CCCC1C(C)=CCC2C(C)(C)C(=O)CCC12C)CCC=C(C)CCC(O)C(C)(C)O. The summed E-state index contributed by atoms with van der Waals surface area (Å²) in [4.78, 5) is 12.6. The fourth-order valence-corrected chi connectivity index (χ4v) is 6.37. The molecule has 0 aromatic heterocycles. The number of fused-ring (bicyclic) bond motifs is 1. The zero-order valence-corrected chi connectivity index (χ0v) is 22.6. The Morgan fingerprint density at radius 3 is 2.39 bits per heavy atom. The van der Waals surface area contributed by atoms with E-state index < -0.39 is 11.7 Å². The molecular weight excluding hydrogens is 408 g/mol. The Bertz CT molecular complexity index is 777. The molecule has 1 saturated carbocycles. The van der Waals surface area contributed by atoms with E-state index in [1.54, 1.807) is 13.8 Å². The number of hydrogen-bond donors (Lipinski definition) is 2. The van der Waals surface area contributed by atoms with E-state index in [-0.39, 0.29) is 10.8 Å². The van der Waals surface area contributed by atoms with Gasteiger partial charge in [-0.1, -0.05) is 55.7 Å². The van der Waals surface area contributed by atoms with Crippen molar-refractivity contribution in [2.24, 2.45) is 22.7 Å². The van der Waals surface area contributed by atoms with Crippen LogP contribution in [0.4, 0.5) is 0 Å². The molecule has 0 aromatic rings. The molecule has 2 rings (SSSR count). The lowest BCUT2D eigenvalue weighted by Crippen LogP contribution is -2.52. The molecule has 3 heteroatoms. The maximum atomic E-state index is 12.6. The average molecular weight is 459 g/mol. The van der Waals surface area contributed by atoms with Gasteiger partial charge >= 0.3 is 0 Å². The number of hydrogen-bond acceptors (Lipinski definition) is 3. The van der Waals surface area contributed by atoms with E-state index in [4.69, 9.17) is 0 Å². The molecular formula is C30H50O3. The zero-order chi connectivity index (χ0) is 25.0. The number of Topliss-reactive ketones (excluding diaryl/α,β-unsaturated/α-hetero) is 1. The fourth-order valence-electron chi connectivity index (χ4n) is 6.37. The molecule has 0 aromatic carbocycles. The first-order valence-corrected chi connectivity index (χ1v) is 13.1. The lowest BCUT2D eigenvalue weighted by molar-refractivity contribution is -0.143. The fraction of sp³-hybridized carbons (Fsp3) is 0.767. The molecule has 1 fully saturated rings. The Morgan fingerprint density at radius 1 is 1.15 bits per heavy atom. The molecule has 188 valence electrons. The number of carbonyl (C=O) groups is 1. The van der Waals surface area contributed by atoms with Crippen molar-refractivity contribution in [1.82, 2.24) is 0 Å². The molecule has 3 nitrogen and oxygen atoms in total. The van der Waals surface area contributed by atoms with Crippen molar-refractivity contribution in [2.75, 3.05) is 0 Å². The molecule has 0 spiro atoms. The summed E-state index contributed by atoms with van der Waals surface area (Å²) in [5.74, 6) is 1.47. The second-order valence-corrected chi connectivity index (χ2v) is 12.4. The van der Waals surface area contributed by atoms with Crippen molar-refractivity contribution < 1.29 is 15.0 Å². The zero-order valence-electron chi connectivity index (χ0n) is 22.6. The highest BCUT2D eigenvalue weighted by molar-refractivity contribution is 5.85. The van der Waals surface area contributed by atoms with Crippen molar-refractivity contribution in [1.29, 1.82) is 0 Å². The van der Waals surface area contributed by atoms with Crippen LogP contribution in [0.25, 0.3) is 0 Å². The average Bonchev–Trinajstić information content (AvgIpc) is 2.70. The highest BCUT2D eigenvalue weighted by Crippen LogP contribution is 2.59. The number of ketones is 1. The molecule has 2 aliphatic rings. The second kappa shape index (κ2) is 11.0. The van der Waals surface area contributed by atoms with Crippen LogP contribution in [-0.2, 0) is 4.79 Å². The summed E-state index contributed by atoms with van der Waals surface area (Å²) in [6.45, 7) is 16.8. The number of aliphatic hydroxyl groups is 2. The molecule has 0 aliphatic heterocycles. The number of rotatable bonds is 10. The van der Waals surface area contributed by atoms with E-state index in [1.807, 2.05) is 0 Å². The summed E-state index contributed by atoms with van der Waals surface area (Å²) < 4.78 is 0. The van der Waals surface area contributed by atoms with Gasteiger partial charge in [-0.05, 0) is 103 Å². The standard InChI is InChI=1S/C30H50O3/c1-21(11-9-12-22(2)15-18-27(32)29(6,7)33)13-10-14-24-23(3)16-17-25-28(4,5)26(31)19-20-30(24,25)8/h12-13,16,24-25,27,32-33H,9-11,14-15,17-20H2,1-8H3. The van der Waals surface area contributed by atoms with Crippen LogP contribution in [0.2, 0.25) is 0 Å². The number of allylic oxidation sites excluding steroid dienone is 6. The van der Waals surface area contributed by atoms with Gasteiger partial charge in [-0.15, -0.1) is 0 Å². The Hall–Kier alpha value is -1.19. The Kier molecular flexibility index (Phi) is 9.38. The summed E-state index contributed by atoms with van der Waals surface area (Å²) in [6, 6.07) is 0. The normalized spacial score (nSPS) is 29.5. The van der Waals surface area contributed by atoms with Gasteiger partial charge in [0.2, 0.25) is 0 Å². The number of aliphatic hydroxyl groups excluding tert-OH is 1. The topological polar surface area (TPSA) is 57.5 Å². The molecule has 2 aliphatic carbocycles. The van der Waals surface area contributed by atoms with Crippen molar-refractivity contribution in [3.63, 3.8) is 0 Å². The summed E-state index contributed by atoms with van der Waals surface area (Å²) in [5, 5.41) is 19.9. The molecule has 0 bridgehead atoms. The number of carbonyl (C=O) groups excluding carboxylic acids is 1. The molecule has 4 atom stereocenters. The minimum absolute atomic E-state index is 0.207. The molecule has 2 N–H and O–H groups in total. The van der Waals surface area contributed by atoms with Gasteiger partial charge in [-0.2, -0.15) is 0 Å². The lowest BCUT2D eigenvalue weighted by Gasteiger charge is -2.56. The summed E-state index contributed by atoms with van der Waals surface area (Å²) >= 11 is 0. The second-order valence-electron chi connectivity index (χ2n) is 12.4. The van der Waals surface area contributed by atoms with Gasteiger partial charge in [0, 0.05) is 11.8 Å². The van der Waals surface area contributed by atoms with E-state index >= 15 is 0 Å². The predicted octanol–water partition coefficient (Wildman–Crippen LogP) is 7.33. The van der Waals surface area contributed by atoms with Gasteiger partial charge in [0.05, 0.1) is 11.7 Å². The van der Waals surface area contributed by atoms with Gasteiger partial charge in [-0.25, -0.2) is 0 Å². The third kappa shape index (κ3) is 6.92. The largest absolute Gasteiger partial charge is 0.390 e. The lowest BCUT2D eigenvalue weighted by atomic mass is 9.48. The van der Waals surface area contributed by atoms with Gasteiger partial charge in [-0.3, -0.25) is 4.79 Å². The van der Waals surface area contributed by atoms with Crippen LogP contribution >= 0.6 is 0 Å². The van der Waals surface area contributed by atoms with E-state index in [2.05, 4.69) is 59.8 Å². The van der Waals surface area contributed by atoms with Crippen molar-refractivity contribution >= 4 is 5.78 Å². The van der Waals surface area contributed by atoms with Gasteiger partial charge in [0.1, 0.15) is 5.78 Å². The van der Waals surface area contributed by atoms with Crippen molar-refractivity contribution in [2.45, 2.75) is 125 Å². The third-order valence-electron chi connectivity index (χ3n) is 8.91. The van der Waals surface area contributed by atoms with Crippen LogP contribution in [0, 0.1) is 22.7 Å². The Balaban J connectivity index is 1.88. The first-order chi connectivity index (χ1) is 15.2. The van der Waals surface area contributed by atoms with Crippen LogP contribution < -0.4 is 0 Å². The molecule has 0 heterocycles. The van der Waals surface area contributed by atoms with Crippen LogP contribution in [0.5, 0.6) is 0 Å². The highest BCUT2D eigenvalue weighted by atomic mass is 16.3. The van der Waals surface area contributed by atoms with Crippen LogP contribution in [0.3, 0.4) is 0 Å². The molecule has 0 radical (unpaired) electrons. The van der Waals surface area contributed by atoms with E-state index in [9.17, 15) is 15.0 Å². The van der Waals surface area contributed by atoms with Gasteiger partial charge in [0.25, 0.3) is 0 Å². The highest BCUT2D eigenvalue weighted by Gasteiger charge is 2.54. The third-order valence-corrected chi connectivity index (χ3v) is 8.91. The Labute approximate surface area is 203 Å². The smallest absolute Gasteiger partial charge is 0.138 e. The summed E-state index contributed by atoms with van der Waals surface area (Å²) in [5.41, 5.74) is 3.23. The monoisotopic (exact) mass is 458 g/mol. The summed E-state index contributed by atoms with van der Waals surface area (Å²) in [6.07, 6.45) is 15.0. The van der Waals surface area contributed by atoms with E-state index in [1.165, 1.54) is 23.1 Å². The van der Waals surface area contributed by atoms with Crippen LogP contribution in [-0.4, -0.2) is 27.7 Å². The minimum atomic E-state index is -1.04. The maximum absolute atomic E-state index is 12.6. The predicted molar refractivity (Wildman–Crippen MR) is 139 cm³/mol. The molecule has 0 amide bonds. The van der Waals surface area contributed by atoms with E-state index in [0.717, 1.165) is 44.9 Å². The van der Waals surface area contributed by atoms with Gasteiger partial charge in [0.15, 0.2) is 0 Å². The summed E-state index contributed by atoms with van der Waals surface area (Å²) in [7, 11) is 0. The van der Waals surface area contributed by atoms with Crippen LogP contribution in [0.15, 0.2) is 34.9 Å². The van der Waals surface area contributed by atoms with Crippen molar-refractivity contribution in [3.8, 4) is 0 Å². The molecule has 33 heavy (non-hydrogen) atoms. The van der Waals surface area contributed by atoms with Gasteiger partial charge < -0.3 is 10.2 Å². The molecule has 0 saturated heterocycles. The first kappa shape index (κ1) is 28.1. The van der Waals surface area contributed by atoms with Crippen molar-refractivity contribution in [3.05, 3.63) is 34.9 Å². The maximum Gasteiger partial charge on any atom is 0.138 e.